The van der Waals surface area contributed by atoms with Gasteiger partial charge in [0.15, 0.2) is 0 Å². The summed E-state index contributed by atoms with van der Waals surface area (Å²) in [6.07, 6.45) is 7.99. The number of ether oxygens (including phenoxy) is 1. The smallest absolute Gasteiger partial charge is 0.407 e. The van der Waals surface area contributed by atoms with Gasteiger partial charge in [0.25, 0.3) is 0 Å². The van der Waals surface area contributed by atoms with Crippen molar-refractivity contribution in [2.75, 3.05) is 6.54 Å². The fraction of sp³-hybridized carbons (Fsp3) is 0.750. The van der Waals surface area contributed by atoms with Gasteiger partial charge in [0.1, 0.15) is 11.4 Å². The normalized spacial score (nSPS) is 22.3. The third-order valence-electron chi connectivity index (χ3n) is 3.90. The van der Waals surface area contributed by atoms with E-state index in [0.717, 1.165) is 25.2 Å². The van der Waals surface area contributed by atoms with Gasteiger partial charge in [-0.15, -0.1) is 0 Å². The number of aromatic amines is 1. The van der Waals surface area contributed by atoms with Crippen molar-refractivity contribution >= 4 is 6.09 Å². The van der Waals surface area contributed by atoms with Crippen LogP contribution in [0, 0.1) is 5.92 Å². The summed E-state index contributed by atoms with van der Waals surface area (Å²) in [5, 5.41) is 6.47. The zero-order valence-corrected chi connectivity index (χ0v) is 13.8. The number of carbonyl (C=O) groups excluding carboxylic acids is 1. The number of carbonyl (C=O) groups is 1. The van der Waals surface area contributed by atoms with E-state index >= 15 is 0 Å². The first-order valence-corrected chi connectivity index (χ1v) is 8.12. The molecule has 1 aromatic heterocycles. The predicted molar refractivity (Wildman–Crippen MR) is 85.4 cm³/mol. The fourth-order valence-corrected chi connectivity index (χ4v) is 2.87. The van der Waals surface area contributed by atoms with E-state index in [9.17, 15) is 4.79 Å². The number of H-pyrrole nitrogens is 1. The predicted octanol–water partition coefficient (Wildman–Crippen LogP) is 2.58. The summed E-state index contributed by atoms with van der Waals surface area (Å²) < 4.78 is 5.30. The highest BCUT2D eigenvalue weighted by Crippen LogP contribution is 2.24. The van der Waals surface area contributed by atoms with E-state index in [1.54, 1.807) is 6.20 Å². The number of nitrogens with zero attached hydrogens (tertiary/aromatic N) is 1. The maximum atomic E-state index is 11.8. The fourth-order valence-electron chi connectivity index (χ4n) is 2.87. The number of imidazole rings is 1. The van der Waals surface area contributed by atoms with Crippen LogP contribution in [0.5, 0.6) is 0 Å². The standard InChI is InChI=1S/C16H28N4O2/c1-16(2,3)22-15(21)20-10-12-6-4-5-7-13(12)19-11-14-17-8-9-18-14/h8-9,12-13,19H,4-7,10-11H2,1-3H3,(H,17,18)(H,20,21). The van der Waals surface area contributed by atoms with Gasteiger partial charge in [0, 0.05) is 25.0 Å². The van der Waals surface area contributed by atoms with E-state index in [4.69, 9.17) is 4.74 Å². The Morgan fingerprint density at radius 1 is 1.41 bits per heavy atom. The summed E-state index contributed by atoms with van der Waals surface area (Å²) in [6, 6.07) is 0.411. The van der Waals surface area contributed by atoms with E-state index in [0.29, 0.717) is 18.5 Å². The number of amides is 1. The van der Waals surface area contributed by atoms with E-state index in [-0.39, 0.29) is 6.09 Å². The Morgan fingerprint density at radius 2 is 2.18 bits per heavy atom. The van der Waals surface area contributed by atoms with Gasteiger partial charge in [-0.25, -0.2) is 9.78 Å². The highest BCUT2D eigenvalue weighted by Gasteiger charge is 2.26. The Balaban J connectivity index is 1.78. The Labute approximate surface area is 132 Å². The van der Waals surface area contributed by atoms with Crippen LogP contribution in [0.2, 0.25) is 0 Å². The van der Waals surface area contributed by atoms with Crippen molar-refractivity contribution in [1.29, 1.82) is 0 Å². The maximum Gasteiger partial charge on any atom is 0.407 e. The minimum absolute atomic E-state index is 0.331. The molecule has 22 heavy (non-hydrogen) atoms. The highest BCUT2D eigenvalue weighted by molar-refractivity contribution is 5.67. The van der Waals surface area contributed by atoms with Crippen LogP contribution in [0.15, 0.2) is 12.4 Å². The summed E-state index contributed by atoms with van der Waals surface area (Å²) >= 11 is 0. The second kappa shape index (κ2) is 7.63. The molecule has 1 fully saturated rings. The highest BCUT2D eigenvalue weighted by atomic mass is 16.6. The lowest BCUT2D eigenvalue weighted by Crippen LogP contribution is -2.44. The molecule has 1 heterocycles. The van der Waals surface area contributed by atoms with Crippen molar-refractivity contribution in [2.24, 2.45) is 5.92 Å². The third-order valence-corrected chi connectivity index (χ3v) is 3.90. The SMILES string of the molecule is CC(C)(C)OC(=O)NCC1CCCCC1NCc1ncc[nH]1. The molecule has 1 aliphatic carbocycles. The first-order chi connectivity index (χ1) is 10.4. The van der Waals surface area contributed by atoms with E-state index in [1.165, 1.54) is 12.8 Å². The van der Waals surface area contributed by atoms with Crippen molar-refractivity contribution in [3.8, 4) is 0 Å². The molecule has 1 aromatic rings. The molecule has 2 atom stereocenters. The van der Waals surface area contributed by atoms with Crippen molar-refractivity contribution in [2.45, 2.75) is 64.6 Å². The quantitative estimate of drug-likeness (QED) is 0.781. The van der Waals surface area contributed by atoms with Crippen LogP contribution in [-0.2, 0) is 11.3 Å². The van der Waals surface area contributed by atoms with Gasteiger partial charge in [-0.05, 0) is 39.5 Å². The number of alkyl carbamates (subject to hydrolysis) is 1. The number of aromatic nitrogens is 2. The summed E-state index contributed by atoms with van der Waals surface area (Å²) in [5.41, 5.74) is -0.451. The average molecular weight is 308 g/mol. The minimum Gasteiger partial charge on any atom is -0.444 e. The summed E-state index contributed by atoms with van der Waals surface area (Å²) in [4.78, 5) is 19.1. The Hall–Kier alpha value is -1.56. The number of nitrogens with one attached hydrogen (secondary N) is 3. The topological polar surface area (TPSA) is 79.0 Å². The van der Waals surface area contributed by atoms with Crippen molar-refractivity contribution in [3.05, 3.63) is 18.2 Å². The molecule has 0 radical (unpaired) electrons. The van der Waals surface area contributed by atoms with Crippen LogP contribution in [-0.4, -0.2) is 34.2 Å². The van der Waals surface area contributed by atoms with E-state index < -0.39 is 5.60 Å². The Kier molecular flexibility index (Phi) is 5.83. The molecule has 0 spiro atoms. The van der Waals surface area contributed by atoms with Crippen LogP contribution in [0.25, 0.3) is 0 Å². The second-order valence-electron chi connectivity index (χ2n) is 6.95. The zero-order valence-electron chi connectivity index (χ0n) is 13.8. The average Bonchev–Trinajstić information content (AvgIpc) is 2.95. The van der Waals surface area contributed by atoms with Gasteiger partial charge in [-0.2, -0.15) is 0 Å². The van der Waals surface area contributed by atoms with Gasteiger partial charge in [-0.1, -0.05) is 12.8 Å². The molecule has 0 aromatic carbocycles. The van der Waals surface area contributed by atoms with Gasteiger partial charge in [0.2, 0.25) is 0 Å². The lowest BCUT2D eigenvalue weighted by atomic mass is 9.84. The monoisotopic (exact) mass is 308 g/mol. The van der Waals surface area contributed by atoms with Crippen LogP contribution in [0.1, 0.15) is 52.3 Å². The van der Waals surface area contributed by atoms with Crippen LogP contribution >= 0.6 is 0 Å². The molecular weight excluding hydrogens is 280 g/mol. The second-order valence-corrected chi connectivity index (χ2v) is 6.95. The molecule has 124 valence electrons. The van der Waals surface area contributed by atoms with E-state index in [1.807, 2.05) is 27.0 Å². The van der Waals surface area contributed by atoms with Gasteiger partial charge in [-0.3, -0.25) is 0 Å². The van der Waals surface area contributed by atoms with Gasteiger partial charge < -0.3 is 20.4 Å². The lowest BCUT2D eigenvalue weighted by Gasteiger charge is -2.32. The largest absolute Gasteiger partial charge is 0.444 e. The van der Waals surface area contributed by atoms with E-state index in [2.05, 4.69) is 20.6 Å². The van der Waals surface area contributed by atoms with Gasteiger partial charge >= 0.3 is 6.09 Å². The number of hydrogen-bond acceptors (Lipinski definition) is 4. The molecule has 1 amide bonds. The Morgan fingerprint density at radius 3 is 2.86 bits per heavy atom. The molecule has 0 bridgehead atoms. The lowest BCUT2D eigenvalue weighted by molar-refractivity contribution is 0.0510. The first kappa shape index (κ1) is 16.8. The minimum atomic E-state index is -0.451. The molecule has 0 saturated heterocycles. The van der Waals surface area contributed by atoms with Crippen LogP contribution in [0.3, 0.4) is 0 Å². The third kappa shape index (κ3) is 5.67. The molecule has 1 saturated carbocycles. The van der Waals surface area contributed by atoms with Crippen molar-refractivity contribution < 1.29 is 9.53 Å². The Bertz CT molecular complexity index is 453. The summed E-state index contributed by atoms with van der Waals surface area (Å²) in [5.74, 6) is 1.39. The molecule has 6 nitrogen and oxygen atoms in total. The molecule has 0 aliphatic heterocycles. The first-order valence-electron chi connectivity index (χ1n) is 8.12. The van der Waals surface area contributed by atoms with Crippen molar-refractivity contribution in [1.82, 2.24) is 20.6 Å². The number of rotatable bonds is 5. The molecule has 2 unspecified atom stereocenters. The zero-order chi connectivity index (χ0) is 16.0. The maximum absolute atomic E-state index is 11.8. The molecule has 1 aliphatic rings. The number of hydrogen-bond donors (Lipinski definition) is 3. The van der Waals surface area contributed by atoms with Crippen LogP contribution < -0.4 is 10.6 Å². The molecular formula is C16H28N4O2. The van der Waals surface area contributed by atoms with Crippen LogP contribution in [0.4, 0.5) is 4.79 Å². The molecule has 6 heteroatoms. The molecule has 3 N–H and O–H groups in total. The summed E-state index contributed by atoms with van der Waals surface area (Å²) in [6.45, 7) is 7.02. The summed E-state index contributed by atoms with van der Waals surface area (Å²) in [7, 11) is 0. The van der Waals surface area contributed by atoms with Gasteiger partial charge in [0.05, 0.1) is 6.54 Å². The van der Waals surface area contributed by atoms with Crippen molar-refractivity contribution in [3.63, 3.8) is 0 Å². The molecule has 2 rings (SSSR count).